The van der Waals surface area contributed by atoms with E-state index >= 15 is 0 Å². The zero-order valence-electron chi connectivity index (χ0n) is 11.9. The largest absolute Gasteiger partial charge is 0.352 e. The Labute approximate surface area is 119 Å². The van der Waals surface area contributed by atoms with Crippen LogP contribution in [0.1, 0.15) is 13.3 Å². The van der Waals surface area contributed by atoms with Crippen LogP contribution < -0.4 is 11.1 Å². The molecular weight excluding hydrogens is 264 g/mol. The number of carbonyl (C=O) groups is 2. The lowest BCUT2D eigenvalue weighted by molar-refractivity contribution is -0.137. The van der Waals surface area contributed by atoms with Crippen LogP contribution in [-0.2, 0) is 4.79 Å². The third-order valence-electron chi connectivity index (χ3n) is 3.34. The minimum Gasteiger partial charge on any atom is -0.352 e. The van der Waals surface area contributed by atoms with Gasteiger partial charge in [0.1, 0.15) is 6.04 Å². The number of nitrogens with one attached hydrogen (secondary N) is 1. The number of nitrogens with two attached hydrogens (primary N) is 1. The lowest BCUT2D eigenvalue weighted by atomic mass is 10.1. The van der Waals surface area contributed by atoms with Crippen LogP contribution in [0, 0.1) is 0 Å². The number of urea groups is 1. The van der Waals surface area contributed by atoms with Crippen molar-refractivity contribution in [3.8, 4) is 0 Å². The first kappa shape index (κ1) is 16.1. The Morgan fingerprint density at radius 3 is 2.68 bits per heavy atom. The van der Waals surface area contributed by atoms with Crippen molar-refractivity contribution >= 4 is 23.7 Å². The van der Waals surface area contributed by atoms with E-state index in [1.807, 2.05) is 25.1 Å². The lowest BCUT2D eigenvalue weighted by Gasteiger charge is -2.39. The SMILES string of the molecule is CSCC[C@@H](NC(N)=O)C(=O)N1CCN(C)C[C@@H]1C. The maximum atomic E-state index is 12.5. The highest BCUT2D eigenvalue weighted by molar-refractivity contribution is 7.98. The quantitative estimate of drug-likeness (QED) is 0.743. The van der Waals surface area contributed by atoms with Gasteiger partial charge in [0.05, 0.1) is 0 Å². The molecular formula is C12H24N4O2S. The molecule has 0 unspecified atom stereocenters. The summed E-state index contributed by atoms with van der Waals surface area (Å²) < 4.78 is 0. The van der Waals surface area contributed by atoms with E-state index in [1.54, 1.807) is 11.8 Å². The predicted molar refractivity (Wildman–Crippen MR) is 78.2 cm³/mol. The van der Waals surface area contributed by atoms with Crippen molar-refractivity contribution < 1.29 is 9.59 Å². The second kappa shape index (κ2) is 7.59. The highest BCUT2D eigenvalue weighted by atomic mass is 32.2. The van der Waals surface area contributed by atoms with Crippen LogP contribution >= 0.6 is 11.8 Å². The van der Waals surface area contributed by atoms with Gasteiger partial charge in [-0.1, -0.05) is 0 Å². The number of hydrogen-bond acceptors (Lipinski definition) is 4. The molecule has 0 saturated carbocycles. The number of piperazine rings is 1. The molecule has 19 heavy (non-hydrogen) atoms. The molecule has 0 aromatic rings. The molecule has 1 saturated heterocycles. The molecule has 3 amide bonds. The normalized spacial score (nSPS) is 22.1. The molecule has 0 radical (unpaired) electrons. The molecule has 0 aliphatic carbocycles. The first-order valence-corrected chi connectivity index (χ1v) is 7.89. The van der Waals surface area contributed by atoms with E-state index in [1.165, 1.54) is 0 Å². The Bertz CT molecular complexity index is 327. The van der Waals surface area contributed by atoms with Crippen molar-refractivity contribution in [1.29, 1.82) is 0 Å². The topological polar surface area (TPSA) is 78.7 Å². The third-order valence-corrected chi connectivity index (χ3v) is 3.98. The minimum absolute atomic E-state index is 0.0200. The molecule has 1 heterocycles. The average molecular weight is 288 g/mol. The van der Waals surface area contributed by atoms with Gasteiger partial charge in [-0.05, 0) is 32.4 Å². The van der Waals surface area contributed by atoms with E-state index in [9.17, 15) is 9.59 Å². The first-order valence-electron chi connectivity index (χ1n) is 6.49. The van der Waals surface area contributed by atoms with E-state index < -0.39 is 12.1 Å². The number of nitrogens with zero attached hydrogens (tertiary/aromatic N) is 2. The molecule has 0 aromatic heterocycles. The summed E-state index contributed by atoms with van der Waals surface area (Å²) in [4.78, 5) is 27.6. The summed E-state index contributed by atoms with van der Waals surface area (Å²) in [5.41, 5.74) is 5.15. The number of carbonyl (C=O) groups excluding carboxylic acids is 2. The van der Waals surface area contributed by atoms with Crippen LogP contribution in [-0.4, -0.2) is 72.5 Å². The fourth-order valence-corrected chi connectivity index (χ4v) is 2.80. The monoisotopic (exact) mass is 288 g/mol. The number of hydrogen-bond donors (Lipinski definition) is 2. The van der Waals surface area contributed by atoms with Crippen LogP contribution in [0.2, 0.25) is 0 Å². The Morgan fingerprint density at radius 1 is 1.47 bits per heavy atom. The van der Waals surface area contributed by atoms with Gasteiger partial charge in [-0.25, -0.2) is 4.79 Å². The number of thioether (sulfide) groups is 1. The van der Waals surface area contributed by atoms with E-state index in [2.05, 4.69) is 10.2 Å². The van der Waals surface area contributed by atoms with Crippen molar-refractivity contribution in [1.82, 2.24) is 15.1 Å². The molecule has 1 aliphatic heterocycles. The molecule has 1 aliphatic rings. The van der Waals surface area contributed by atoms with Gasteiger partial charge >= 0.3 is 6.03 Å². The van der Waals surface area contributed by atoms with Crippen molar-refractivity contribution in [2.75, 3.05) is 38.7 Å². The van der Waals surface area contributed by atoms with Gasteiger partial charge < -0.3 is 20.9 Å². The number of rotatable bonds is 5. The third kappa shape index (κ3) is 4.91. The van der Waals surface area contributed by atoms with Crippen LogP contribution in [0.3, 0.4) is 0 Å². The van der Waals surface area contributed by atoms with Gasteiger partial charge in [0.25, 0.3) is 0 Å². The van der Waals surface area contributed by atoms with Gasteiger partial charge in [-0.15, -0.1) is 0 Å². The Hall–Kier alpha value is -0.950. The smallest absolute Gasteiger partial charge is 0.312 e. The number of primary amides is 1. The summed E-state index contributed by atoms with van der Waals surface area (Å²) in [5, 5.41) is 2.56. The zero-order chi connectivity index (χ0) is 14.4. The van der Waals surface area contributed by atoms with Gasteiger partial charge in [0, 0.05) is 25.7 Å². The van der Waals surface area contributed by atoms with Crippen LogP contribution in [0.5, 0.6) is 0 Å². The Morgan fingerprint density at radius 2 is 2.16 bits per heavy atom. The van der Waals surface area contributed by atoms with Gasteiger partial charge in [0.2, 0.25) is 5.91 Å². The van der Waals surface area contributed by atoms with Crippen LogP contribution in [0.4, 0.5) is 4.79 Å². The highest BCUT2D eigenvalue weighted by Gasteiger charge is 2.31. The maximum Gasteiger partial charge on any atom is 0.312 e. The predicted octanol–water partition coefficient (Wildman–Crippen LogP) is -0.0611. The first-order chi connectivity index (χ1) is 8.95. The highest BCUT2D eigenvalue weighted by Crippen LogP contribution is 2.12. The van der Waals surface area contributed by atoms with Crippen molar-refractivity contribution in [3.05, 3.63) is 0 Å². The molecule has 0 aromatic carbocycles. The van der Waals surface area contributed by atoms with E-state index in [-0.39, 0.29) is 11.9 Å². The van der Waals surface area contributed by atoms with Crippen molar-refractivity contribution in [3.63, 3.8) is 0 Å². The molecule has 0 bridgehead atoms. The molecule has 7 heteroatoms. The van der Waals surface area contributed by atoms with Gasteiger partial charge in [0.15, 0.2) is 0 Å². The molecule has 6 nitrogen and oxygen atoms in total. The summed E-state index contributed by atoms with van der Waals surface area (Å²) in [6.07, 6.45) is 2.59. The van der Waals surface area contributed by atoms with E-state index in [0.29, 0.717) is 13.0 Å². The van der Waals surface area contributed by atoms with Crippen molar-refractivity contribution in [2.45, 2.75) is 25.4 Å². The average Bonchev–Trinajstić information content (AvgIpc) is 2.33. The molecule has 0 spiro atoms. The summed E-state index contributed by atoms with van der Waals surface area (Å²) in [5.74, 6) is 0.798. The maximum absolute atomic E-state index is 12.5. The summed E-state index contributed by atoms with van der Waals surface area (Å²) in [7, 11) is 2.05. The molecule has 3 N–H and O–H groups in total. The number of amides is 3. The van der Waals surface area contributed by atoms with E-state index in [4.69, 9.17) is 5.73 Å². The molecule has 1 rings (SSSR count). The van der Waals surface area contributed by atoms with Crippen LogP contribution in [0.15, 0.2) is 0 Å². The van der Waals surface area contributed by atoms with Gasteiger partial charge in [-0.2, -0.15) is 11.8 Å². The molecule has 1 fully saturated rings. The summed E-state index contributed by atoms with van der Waals surface area (Å²) in [6.45, 7) is 4.45. The zero-order valence-corrected chi connectivity index (χ0v) is 12.7. The second-order valence-electron chi connectivity index (χ2n) is 4.99. The van der Waals surface area contributed by atoms with E-state index in [0.717, 1.165) is 18.8 Å². The lowest BCUT2D eigenvalue weighted by Crippen LogP contribution is -2.58. The molecule has 110 valence electrons. The second-order valence-corrected chi connectivity index (χ2v) is 5.97. The summed E-state index contributed by atoms with van der Waals surface area (Å²) >= 11 is 1.65. The van der Waals surface area contributed by atoms with Crippen molar-refractivity contribution in [2.24, 2.45) is 5.73 Å². The number of likely N-dealkylation sites (N-methyl/N-ethyl adjacent to an activating group) is 1. The minimum atomic E-state index is -0.638. The summed E-state index contributed by atoms with van der Waals surface area (Å²) in [6, 6.07) is -0.977. The standard InChI is InChI=1S/C12H24N4O2S/c1-9-8-15(2)5-6-16(9)11(17)10(4-7-19-3)14-12(13)18/h9-10H,4-8H2,1-3H3,(H3,13,14,18)/t9-,10+/m0/s1. The Kier molecular flexibility index (Phi) is 6.44. The van der Waals surface area contributed by atoms with Gasteiger partial charge in [-0.3, -0.25) is 4.79 Å². The van der Waals surface area contributed by atoms with Crippen LogP contribution in [0.25, 0.3) is 0 Å². The fraction of sp³-hybridized carbons (Fsp3) is 0.833. The molecule has 2 atom stereocenters. The Balaban J connectivity index is 2.66. The fourth-order valence-electron chi connectivity index (χ4n) is 2.33.